The van der Waals surface area contributed by atoms with Crippen LogP contribution in [0.3, 0.4) is 0 Å². The maximum Gasteiger partial charge on any atom is 0.256 e. The van der Waals surface area contributed by atoms with Crippen molar-refractivity contribution in [1.82, 2.24) is 8.61 Å². The monoisotopic (exact) mass is 556 g/mol. The summed E-state index contributed by atoms with van der Waals surface area (Å²) in [7, 11) is -8.61. The van der Waals surface area contributed by atoms with Crippen LogP contribution in [0, 0.1) is 5.82 Å². The highest BCUT2D eigenvalue weighted by Crippen LogP contribution is 2.40. The van der Waals surface area contributed by atoms with Crippen LogP contribution in [0.15, 0.2) is 77.7 Å². The Balaban J connectivity index is 1.71. The largest absolute Gasteiger partial charge is 0.286 e. The van der Waals surface area contributed by atoms with E-state index in [-0.39, 0.29) is 17.5 Å². The first-order chi connectivity index (χ1) is 16.4. The summed E-state index contributed by atoms with van der Waals surface area (Å²) < 4.78 is 66.0. The first-order valence-electron chi connectivity index (χ1n) is 10.7. The highest BCUT2D eigenvalue weighted by atomic mass is 35.5. The molecule has 0 aromatic heterocycles. The van der Waals surface area contributed by atoms with E-state index in [9.17, 15) is 21.2 Å². The minimum Gasteiger partial charge on any atom is -0.286 e. The number of likely N-dealkylation sites (tertiary alicyclic amines) is 1. The van der Waals surface area contributed by atoms with Crippen LogP contribution >= 0.6 is 23.2 Å². The third-order valence-corrected chi connectivity index (χ3v) is 10.6. The van der Waals surface area contributed by atoms with Crippen molar-refractivity contribution in [3.8, 4) is 0 Å². The van der Waals surface area contributed by atoms with Crippen LogP contribution in [-0.4, -0.2) is 50.3 Å². The fraction of sp³-hybridized carbons (Fsp3) is 0.250. The first kappa shape index (κ1) is 26.1. The molecule has 3 aromatic carbocycles. The van der Waals surface area contributed by atoms with E-state index in [1.807, 2.05) is 29.2 Å². The van der Waals surface area contributed by atoms with Gasteiger partial charge in [-0.05, 0) is 66.6 Å². The summed E-state index contributed by atoms with van der Waals surface area (Å²) in [6.07, 6.45) is 0.860. The van der Waals surface area contributed by atoms with Gasteiger partial charge in [0.1, 0.15) is 5.82 Å². The number of hydrogen-bond acceptors (Lipinski definition) is 5. The van der Waals surface area contributed by atoms with Crippen molar-refractivity contribution in [2.45, 2.75) is 29.9 Å². The summed E-state index contributed by atoms with van der Waals surface area (Å²) in [5.74, 6) is -0.619. The summed E-state index contributed by atoms with van der Waals surface area (Å²) in [6.45, 7) is 1.94. The molecular weight excluding hydrogens is 534 g/mol. The Morgan fingerprint density at radius 2 is 1.31 bits per heavy atom. The van der Waals surface area contributed by atoms with Gasteiger partial charge in [0.05, 0.1) is 23.2 Å². The Morgan fingerprint density at radius 1 is 0.857 bits per heavy atom. The molecule has 0 amide bonds. The molecule has 1 fully saturated rings. The van der Waals surface area contributed by atoms with Gasteiger partial charge in [0.2, 0.25) is 10.0 Å². The van der Waals surface area contributed by atoms with Crippen LogP contribution in [0.2, 0.25) is 10.0 Å². The topological polar surface area (TPSA) is 74.8 Å². The molecule has 2 atom stereocenters. The van der Waals surface area contributed by atoms with E-state index in [1.54, 1.807) is 31.2 Å². The molecule has 1 aliphatic rings. The van der Waals surface area contributed by atoms with Crippen LogP contribution in [-0.2, 0) is 20.0 Å². The van der Waals surface area contributed by atoms with Gasteiger partial charge < -0.3 is 0 Å². The molecular formula is C24H23Cl2FN2O4S2. The van der Waals surface area contributed by atoms with Crippen molar-refractivity contribution in [3.63, 3.8) is 0 Å². The minimum absolute atomic E-state index is 0.157. The third kappa shape index (κ3) is 5.26. The molecule has 11 heteroatoms. The average Bonchev–Trinajstić information content (AvgIpc) is 2.79. The zero-order valence-corrected chi connectivity index (χ0v) is 22.0. The molecule has 0 spiro atoms. The van der Waals surface area contributed by atoms with E-state index in [0.29, 0.717) is 13.8 Å². The SMILES string of the molecule is C[C@H]1[C@H](N(S(C)(=O)=O)S(=O)(=O)c2ccc(F)cc2)CN1C(c1ccc(Cl)cc1)c1ccc(Cl)cc1. The standard InChI is InChI=1S/C24H23Cl2FN2O4S2/c1-16-23(29(34(2,30)31)35(32,33)22-13-11-21(27)12-14-22)15-28(16)24(17-3-7-19(25)8-4-17)18-5-9-20(26)10-6-18/h3-14,16,23-24H,15H2,1-2H3/t16-,23+/m0/s1. The van der Waals surface area contributed by atoms with Crippen molar-refractivity contribution in [2.75, 3.05) is 12.8 Å². The smallest absolute Gasteiger partial charge is 0.256 e. The molecule has 186 valence electrons. The molecule has 4 rings (SSSR count). The van der Waals surface area contributed by atoms with Crippen molar-refractivity contribution in [3.05, 3.63) is 99.8 Å². The van der Waals surface area contributed by atoms with Gasteiger partial charge >= 0.3 is 0 Å². The Kier molecular flexibility index (Phi) is 7.30. The normalized spacial score (nSPS) is 19.2. The van der Waals surface area contributed by atoms with E-state index in [0.717, 1.165) is 41.6 Å². The second kappa shape index (κ2) is 9.80. The lowest BCUT2D eigenvalue weighted by Gasteiger charge is -2.53. The maximum atomic E-state index is 13.4. The van der Waals surface area contributed by atoms with Crippen LogP contribution < -0.4 is 0 Å². The minimum atomic E-state index is -4.44. The maximum absolute atomic E-state index is 13.4. The quantitative estimate of drug-likeness (QED) is 0.411. The lowest BCUT2D eigenvalue weighted by Crippen LogP contribution is -2.67. The second-order valence-corrected chi connectivity index (χ2v) is 13.2. The van der Waals surface area contributed by atoms with Crippen LogP contribution in [0.25, 0.3) is 0 Å². The molecule has 0 N–H and O–H groups in total. The molecule has 1 heterocycles. The van der Waals surface area contributed by atoms with Crippen molar-refractivity contribution in [1.29, 1.82) is 0 Å². The van der Waals surface area contributed by atoms with E-state index in [1.165, 1.54) is 0 Å². The Morgan fingerprint density at radius 3 is 1.71 bits per heavy atom. The molecule has 6 nitrogen and oxygen atoms in total. The lowest BCUT2D eigenvalue weighted by atomic mass is 9.89. The van der Waals surface area contributed by atoms with Gasteiger partial charge in [0.15, 0.2) is 0 Å². The van der Waals surface area contributed by atoms with Gasteiger partial charge in [-0.1, -0.05) is 51.2 Å². The van der Waals surface area contributed by atoms with E-state index in [4.69, 9.17) is 23.2 Å². The number of hydrogen-bond donors (Lipinski definition) is 0. The van der Waals surface area contributed by atoms with Crippen LogP contribution in [0.5, 0.6) is 0 Å². The van der Waals surface area contributed by atoms with Gasteiger partial charge in [0, 0.05) is 22.6 Å². The van der Waals surface area contributed by atoms with Crippen LogP contribution in [0.1, 0.15) is 24.1 Å². The van der Waals surface area contributed by atoms with Crippen molar-refractivity contribution < 1.29 is 21.2 Å². The van der Waals surface area contributed by atoms with Gasteiger partial charge in [-0.2, -0.15) is 0 Å². The van der Waals surface area contributed by atoms with Crippen molar-refractivity contribution in [2.24, 2.45) is 0 Å². The zero-order valence-electron chi connectivity index (χ0n) is 18.8. The molecule has 0 bridgehead atoms. The molecule has 1 aliphatic heterocycles. The lowest BCUT2D eigenvalue weighted by molar-refractivity contribution is 0.0132. The molecule has 3 aromatic rings. The van der Waals surface area contributed by atoms with Crippen LogP contribution in [0.4, 0.5) is 4.39 Å². The molecule has 0 radical (unpaired) electrons. The zero-order chi connectivity index (χ0) is 25.5. The Hall–Kier alpha value is -2.01. The number of nitrogens with zero attached hydrogens (tertiary/aromatic N) is 2. The molecule has 0 aliphatic carbocycles. The van der Waals surface area contributed by atoms with Crippen molar-refractivity contribution >= 4 is 43.2 Å². The predicted molar refractivity (Wildman–Crippen MR) is 135 cm³/mol. The summed E-state index contributed by atoms with van der Waals surface area (Å²) in [6, 6.07) is 17.1. The second-order valence-electron chi connectivity index (χ2n) is 8.46. The summed E-state index contributed by atoms with van der Waals surface area (Å²) in [5, 5.41) is 1.15. The van der Waals surface area contributed by atoms with E-state index in [2.05, 4.69) is 0 Å². The van der Waals surface area contributed by atoms with Gasteiger partial charge in [0.25, 0.3) is 10.0 Å². The van der Waals surface area contributed by atoms with Gasteiger partial charge in [-0.3, -0.25) is 4.90 Å². The molecule has 0 saturated carbocycles. The summed E-state index contributed by atoms with van der Waals surface area (Å²) >= 11 is 12.2. The van der Waals surface area contributed by atoms with Gasteiger partial charge in [-0.25, -0.2) is 21.2 Å². The number of benzene rings is 3. The Labute approximate surface area is 215 Å². The summed E-state index contributed by atoms with van der Waals surface area (Å²) in [5.41, 5.74) is 1.82. The molecule has 1 saturated heterocycles. The summed E-state index contributed by atoms with van der Waals surface area (Å²) in [4.78, 5) is 1.73. The Bertz CT molecular complexity index is 1370. The third-order valence-electron chi connectivity index (χ3n) is 6.13. The number of halogens is 3. The fourth-order valence-corrected chi connectivity index (χ4v) is 8.34. The average molecular weight is 557 g/mol. The fourth-order valence-electron chi connectivity index (χ4n) is 4.38. The number of rotatable bonds is 7. The van der Waals surface area contributed by atoms with E-state index >= 15 is 0 Å². The number of sulfonamides is 2. The van der Waals surface area contributed by atoms with Gasteiger partial charge in [-0.15, -0.1) is 0 Å². The van der Waals surface area contributed by atoms with E-state index < -0.39 is 37.9 Å². The first-order valence-corrected chi connectivity index (χ1v) is 14.7. The highest BCUT2D eigenvalue weighted by Gasteiger charge is 2.51. The predicted octanol–water partition coefficient (Wildman–Crippen LogP) is 4.95. The highest BCUT2D eigenvalue weighted by molar-refractivity contribution is 8.03. The molecule has 0 unspecified atom stereocenters. The molecule has 35 heavy (non-hydrogen) atoms.